The van der Waals surface area contributed by atoms with E-state index in [0.717, 1.165) is 23.1 Å². The Bertz CT molecular complexity index is 994. The molecule has 1 N–H and O–H groups in total. The second-order valence-electron chi connectivity index (χ2n) is 6.28. The topological polar surface area (TPSA) is 66.7 Å². The summed E-state index contributed by atoms with van der Waals surface area (Å²) >= 11 is 2.66. The van der Waals surface area contributed by atoms with Crippen molar-refractivity contribution in [1.82, 2.24) is 4.98 Å². The zero-order valence-electron chi connectivity index (χ0n) is 13.0. The van der Waals surface area contributed by atoms with Gasteiger partial charge in [-0.2, -0.15) is 0 Å². The Labute approximate surface area is 149 Å². The van der Waals surface area contributed by atoms with Gasteiger partial charge in [0.1, 0.15) is 15.8 Å². The molecule has 5 rings (SSSR count). The Morgan fingerprint density at radius 1 is 1.40 bits per heavy atom. The maximum Gasteiger partial charge on any atom is 0.280 e. The summed E-state index contributed by atoms with van der Waals surface area (Å²) in [5.74, 6) is -0.144. The molecule has 0 saturated heterocycles. The summed E-state index contributed by atoms with van der Waals surface area (Å²) in [4.78, 5) is 27.0. The molecule has 9 heteroatoms. The van der Waals surface area contributed by atoms with Crippen LogP contribution in [0.3, 0.4) is 0 Å². The number of carbonyl (C=O) groups excluding carboxylic acids is 1. The maximum atomic E-state index is 13.0. The number of alkyl halides is 2. The normalized spacial score (nSPS) is 23.8. The molecule has 25 heavy (non-hydrogen) atoms. The van der Waals surface area contributed by atoms with Gasteiger partial charge >= 0.3 is 0 Å². The fourth-order valence-corrected chi connectivity index (χ4v) is 5.35. The van der Waals surface area contributed by atoms with Crippen LogP contribution in [0.25, 0.3) is 10.2 Å². The SMILES string of the molecule is Cc1cc(C(F)F)nc2sc3c(c12)NC(=O)C1SC(=NC2CC2)N=C31. The number of amidine groups is 1. The Morgan fingerprint density at radius 2 is 2.20 bits per heavy atom. The van der Waals surface area contributed by atoms with Crippen LogP contribution in [-0.2, 0) is 4.79 Å². The smallest absolute Gasteiger partial charge is 0.280 e. The highest BCUT2D eigenvalue weighted by Gasteiger charge is 2.41. The first-order valence-corrected chi connectivity index (χ1v) is 9.57. The van der Waals surface area contributed by atoms with Gasteiger partial charge in [-0.15, -0.1) is 11.3 Å². The summed E-state index contributed by atoms with van der Waals surface area (Å²) in [6.45, 7) is 1.76. The van der Waals surface area contributed by atoms with Gasteiger partial charge in [0.2, 0.25) is 5.91 Å². The van der Waals surface area contributed by atoms with Crippen LogP contribution in [0.1, 0.15) is 35.4 Å². The Balaban J connectivity index is 1.69. The van der Waals surface area contributed by atoms with E-state index in [9.17, 15) is 13.6 Å². The van der Waals surface area contributed by atoms with Crippen molar-refractivity contribution in [2.45, 2.75) is 37.5 Å². The van der Waals surface area contributed by atoms with E-state index in [4.69, 9.17) is 0 Å². The van der Waals surface area contributed by atoms with E-state index >= 15 is 0 Å². The number of anilines is 1. The number of aliphatic imine (C=N–C) groups is 2. The number of thioether (sulfide) groups is 1. The van der Waals surface area contributed by atoms with Crippen molar-refractivity contribution >= 4 is 55.8 Å². The molecule has 1 saturated carbocycles. The zero-order chi connectivity index (χ0) is 17.3. The number of aryl methyl sites for hydroxylation is 1. The molecule has 2 aromatic heterocycles. The monoisotopic (exact) mass is 378 g/mol. The first kappa shape index (κ1) is 15.4. The number of rotatable bonds is 2. The highest BCUT2D eigenvalue weighted by atomic mass is 32.2. The molecule has 0 spiro atoms. The van der Waals surface area contributed by atoms with E-state index in [-0.39, 0.29) is 11.6 Å². The van der Waals surface area contributed by atoms with Gasteiger partial charge in [-0.25, -0.2) is 18.8 Å². The number of halogens is 2. The Hall–Kier alpha value is -1.87. The van der Waals surface area contributed by atoms with Crippen molar-refractivity contribution < 1.29 is 13.6 Å². The van der Waals surface area contributed by atoms with E-state index in [1.165, 1.54) is 29.2 Å². The number of aromatic nitrogens is 1. The van der Waals surface area contributed by atoms with Crippen molar-refractivity contribution in [2.24, 2.45) is 9.98 Å². The summed E-state index contributed by atoms with van der Waals surface area (Å²) in [7, 11) is 0. The van der Waals surface area contributed by atoms with Crippen LogP contribution in [0.15, 0.2) is 16.1 Å². The summed E-state index contributed by atoms with van der Waals surface area (Å²) in [5, 5.41) is 3.86. The van der Waals surface area contributed by atoms with Crippen LogP contribution < -0.4 is 5.32 Å². The van der Waals surface area contributed by atoms with Gasteiger partial charge in [0.15, 0.2) is 5.17 Å². The molecule has 1 fully saturated rings. The molecule has 1 atom stereocenters. The average molecular weight is 378 g/mol. The Kier molecular flexibility index (Phi) is 3.27. The zero-order valence-corrected chi connectivity index (χ0v) is 14.7. The molecule has 1 amide bonds. The van der Waals surface area contributed by atoms with Gasteiger partial charge in [-0.05, 0) is 31.4 Å². The molecule has 2 aromatic rings. The van der Waals surface area contributed by atoms with Crippen LogP contribution >= 0.6 is 23.1 Å². The van der Waals surface area contributed by atoms with Crippen molar-refractivity contribution in [2.75, 3.05) is 5.32 Å². The van der Waals surface area contributed by atoms with E-state index in [1.807, 2.05) is 0 Å². The van der Waals surface area contributed by atoms with E-state index < -0.39 is 11.7 Å². The van der Waals surface area contributed by atoms with Crippen LogP contribution in [0.5, 0.6) is 0 Å². The molecule has 4 heterocycles. The molecule has 128 valence electrons. The lowest BCUT2D eigenvalue weighted by molar-refractivity contribution is -0.114. The summed E-state index contributed by atoms with van der Waals surface area (Å²) < 4.78 is 26.1. The van der Waals surface area contributed by atoms with Gasteiger partial charge in [-0.1, -0.05) is 11.8 Å². The second kappa shape index (κ2) is 5.31. The number of nitrogens with one attached hydrogen (secondary N) is 1. The molecule has 5 nitrogen and oxygen atoms in total. The predicted molar refractivity (Wildman–Crippen MR) is 96.3 cm³/mol. The molecule has 3 aliphatic rings. The van der Waals surface area contributed by atoms with Crippen LogP contribution in [0.2, 0.25) is 0 Å². The molecule has 0 aromatic carbocycles. The quantitative estimate of drug-likeness (QED) is 0.861. The average Bonchev–Trinajstić information content (AvgIpc) is 3.13. The second-order valence-corrected chi connectivity index (χ2v) is 8.35. The highest BCUT2D eigenvalue weighted by Crippen LogP contribution is 2.45. The summed E-state index contributed by atoms with van der Waals surface area (Å²) in [6.07, 6.45) is -0.486. The lowest BCUT2D eigenvalue weighted by Gasteiger charge is -2.18. The number of hydrogen-bond acceptors (Lipinski definition) is 5. The minimum Gasteiger partial charge on any atom is -0.323 e. The number of thiophene rings is 1. The Morgan fingerprint density at radius 3 is 2.92 bits per heavy atom. The van der Waals surface area contributed by atoms with Crippen LogP contribution in [0.4, 0.5) is 14.5 Å². The fourth-order valence-electron chi connectivity index (χ4n) is 3.02. The van der Waals surface area contributed by atoms with Crippen molar-refractivity contribution in [3.8, 4) is 0 Å². The lowest BCUT2D eigenvalue weighted by Crippen LogP contribution is -2.35. The summed E-state index contributed by atoms with van der Waals surface area (Å²) in [6, 6.07) is 1.71. The molecule has 1 aliphatic carbocycles. The molecule has 2 aliphatic heterocycles. The molecule has 0 radical (unpaired) electrons. The largest absolute Gasteiger partial charge is 0.323 e. The predicted octanol–water partition coefficient (Wildman–Crippen LogP) is 3.92. The molecular weight excluding hydrogens is 366 g/mol. The molecule has 0 bridgehead atoms. The van der Waals surface area contributed by atoms with Crippen LogP contribution in [0, 0.1) is 6.92 Å². The summed E-state index contributed by atoms with van der Waals surface area (Å²) in [5.41, 5.74) is 1.74. The van der Waals surface area contributed by atoms with Gasteiger partial charge < -0.3 is 5.32 Å². The highest BCUT2D eigenvalue weighted by molar-refractivity contribution is 8.16. The third kappa shape index (κ3) is 2.40. The fraction of sp³-hybridized carbons (Fsp3) is 0.375. The number of amides is 1. The minimum absolute atomic E-state index is 0.144. The number of fused-ring (bicyclic) bond motifs is 5. The van der Waals surface area contributed by atoms with Gasteiger partial charge in [0.25, 0.3) is 6.43 Å². The molecular formula is C16H12F2N4OS2. The van der Waals surface area contributed by atoms with Gasteiger partial charge in [0, 0.05) is 5.39 Å². The third-order valence-corrected chi connectivity index (χ3v) is 6.54. The number of hydrogen-bond donors (Lipinski definition) is 1. The van der Waals surface area contributed by atoms with Gasteiger partial charge in [-0.3, -0.25) is 9.79 Å². The van der Waals surface area contributed by atoms with Crippen LogP contribution in [-0.4, -0.2) is 33.1 Å². The number of pyridine rings is 1. The molecule has 1 unspecified atom stereocenters. The van der Waals surface area contributed by atoms with Crippen molar-refractivity contribution in [1.29, 1.82) is 0 Å². The standard InChI is InChI=1S/C16H12F2N4OS2/c1-5-4-7(13(17)18)20-15-8(5)9-11(24-15)10-12(14(23)21-9)25-16(22-10)19-6-2-3-6/h4,6,12-13H,2-3H2,1H3,(H,21,23). The first-order valence-electron chi connectivity index (χ1n) is 7.87. The van der Waals surface area contributed by atoms with E-state index in [1.54, 1.807) is 6.92 Å². The maximum absolute atomic E-state index is 13.0. The first-order chi connectivity index (χ1) is 12.0. The van der Waals surface area contributed by atoms with E-state index in [2.05, 4.69) is 20.3 Å². The number of nitrogens with zero attached hydrogens (tertiary/aromatic N) is 3. The van der Waals surface area contributed by atoms with Crippen molar-refractivity contribution in [3.05, 3.63) is 22.2 Å². The van der Waals surface area contributed by atoms with E-state index in [0.29, 0.717) is 33.0 Å². The van der Waals surface area contributed by atoms with Gasteiger partial charge in [0.05, 0.1) is 22.3 Å². The third-order valence-electron chi connectivity index (χ3n) is 4.35. The van der Waals surface area contributed by atoms with Crippen molar-refractivity contribution in [3.63, 3.8) is 0 Å². The number of carbonyl (C=O) groups is 1. The minimum atomic E-state index is -2.62. The lowest BCUT2D eigenvalue weighted by atomic mass is 10.0.